The molecule has 4 nitrogen and oxygen atoms in total. The van der Waals surface area contributed by atoms with Crippen molar-refractivity contribution < 1.29 is 19.7 Å². The summed E-state index contributed by atoms with van der Waals surface area (Å²) in [6.45, 7) is 0. The Labute approximate surface area is 150 Å². The van der Waals surface area contributed by atoms with Gasteiger partial charge in [0, 0.05) is 35.2 Å². The third-order valence-electron chi connectivity index (χ3n) is 4.10. The second kappa shape index (κ2) is 6.30. The van der Waals surface area contributed by atoms with Crippen molar-refractivity contribution in [3.05, 3.63) is 82.9 Å². The van der Waals surface area contributed by atoms with E-state index in [2.05, 4.69) is 11.8 Å². The molecular weight excluding hydrogens is 328 g/mol. The van der Waals surface area contributed by atoms with Crippen LogP contribution in [0.1, 0.15) is 27.0 Å². The minimum Gasteiger partial charge on any atom is -0.508 e. The molecule has 3 aromatic carbocycles. The molecule has 1 heterocycles. The first-order chi connectivity index (χ1) is 12.6. The first-order valence-electron chi connectivity index (χ1n) is 8.07. The fourth-order valence-electron chi connectivity index (χ4n) is 2.89. The van der Waals surface area contributed by atoms with E-state index in [0.29, 0.717) is 11.3 Å². The maximum atomic E-state index is 12.5. The molecule has 0 aliphatic carbocycles. The molecule has 26 heavy (non-hydrogen) atoms. The van der Waals surface area contributed by atoms with Crippen LogP contribution in [0.5, 0.6) is 23.0 Å². The van der Waals surface area contributed by atoms with Gasteiger partial charge in [0.1, 0.15) is 28.6 Å². The summed E-state index contributed by atoms with van der Waals surface area (Å²) < 4.78 is 5.76. The number of hydrogen-bond acceptors (Lipinski definition) is 4. The fourth-order valence-corrected chi connectivity index (χ4v) is 2.89. The minimum absolute atomic E-state index is 0.0796. The standard InChI is InChI=1S/C22H14O4/c23-17-12-19(25)22-18(24)11-16-10-15(7-6-14-4-2-1-3-5-14)8-9-20(16)26-21(22)13-17/h1-5,8-10,12-13,23,25H,11H2. The number of benzene rings is 3. The van der Waals surface area contributed by atoms with Gasteiger partial charge in [-0.1, -0.05) is 30.0 Å². The van der Waals surface area contributed by atoms with E-state index in [0.717, 1.165) is 17.2 Å². The van der Waals surface area contributed by atoms with E-state index in [9.17, 15) is 15.0 Å². The first-order valence-corrected chi connectivity index (χ1v) is 8.07. The number of ether oxygens (including phenoxy) is 1. The summed E-state index contributed by atoms with van der Waals surface area (Å²) in [6, 6.07) is 17.5. The summed E-state index contributed by atoms with van der Waals surface area (Å²) in [5, 5.41) is 19.6. The Hall–Kier alpha value is -3.71. The molecule has 0 spiro atoms. The van der Waals surface area contributed by atoms with Crippen molar-refractivity contribution >= 4 is 5.78 Å². The van der Waals surface area contributed by atoms with Crippen LogP contribution in [0.25, 0.3) is 0 Å². The molecule has 0 amide bonds. The highest BCUT2D eigenvalue weighted by molar-refractivity contribution is 6.03. The minimum atomic E-state index is -0.290. The number of fused-ring (bicyclic) bond motifs is 2. The lowest BCUT2D eigenvalue weighted by Crippen LogP contribution is -2.02. The van der Waals surface area contributed by atoms with E-state index < -0.39 is 0 Å². The molecule has 3 aromatic rings. The molecule has 0 bridgehead atoms. The van der Waals surface area contributed by atoms with Crippen molar-refractivity contribution in [1.29, 1.82) is 0 Å². The van der Waals surface area contributed by atoms with Crippen LogP contribution in [0.2, 0.25) is 0 Å². The number of aromatic hydroxyl groups is 2. The van der Waals surface area contributed by atoms with Gasteiger partial charge in [0.2, 0.25) is 0 Å². The second-order valence-corrected chi connectivity index (χ2v) is 5.98. The van der Waals surface area contributed by atoms with E-state index in [4.69, 9.17) is 4.74 Å². The lowest BCUT2D eigenvalue weighted by molar-refractivity contribution is 0.0991. The van der Waals surface area contributed by atoms with Gasteiger partial charge in [-0.25, -0.2) is 0 Å². The second-order valence-electron chi connectivity index (χ2n) is 5.98. The highest BCUT2D eigenvalue weighted by Crippen LogP contribution is 2.40. The molecule has 126 valence electrons. The summed E-state index contributed by atoms with van der Waals surface area (Å²) in [5.41, 5.74) is 2.44. The normalized spacial score (nSPS) is 12.1. The van der Waals surface area contributed by atoms with Crippen molar-refractivity contribution in [2.75, 3.05) is 0 Å². The highest BCUT2D eigenvalue weighted by atomic mass is 16.5. The summed E-state index contributed by atoms with van der Waals surface area (Å²) in [4.78, 5) is 12.5. The van der Waals surface area contributed by atoms with Gasteiger partial charge in [-0.15, -0.1) is 0 Å². The Balaban J connectivity index is 1.72. The molecule has 0 fully saturated rings. The number of phenols is 2. The van der Waals surface area contributed by atoms with Crippen LogP contribution in [0, 0.1) is 11.8 Å². The summed E-state index contributed by atoms with van der Waals surface area (Å²) in [5.74, 6) is 6.09. The Morgan fingerprint density at radius 1 is 0.846 bits per heavy atom. The van der Waals surface area contributed by atoms with Gasteiger partial charge in [0.25, 0.3) is 0 Å². The third-order valence-corrected chi connectivity index (χ3v) is 4.10. The zero-order chi connectivity index (χ0) is 18.1. The fraction of sp³-hybridized carbons (Fsp3) is 0.0455. The number of carbonyl (C=O) groups excluding carboxylic acids is 1. The van der Waals surface area contributed by atoms with Crippen molar-refractivity contribution in [3.63, 3.8) is 0 Å². The molecule has 0 saturated carbocycles. The molecular formula is C22H14O4. The molecule has 0 unspecified atom stereocenters. The van der Waals surface area contributed by atoms with Gasteiger partial charge in [-0.2, -0.15) is 0 Å². The van der Waals surface area contributed by atoms with Crippen molar-refractivity contribution in [2.45, 2.75) is 6.42 Å². The molecule has 1 aliphatic heterocycles. The van der Waals surface area contributed by atoms with Gasteiger partial charge in [0.05, 0.1) is 0 Å². The van der Waals surface area contributed by atoms with E-state index in [1.807, 2.05) is 42.5 Å². The summed E-state index contributed by atoms with van der Waals surface area (Å²) >= 11 is 0. The summed E-state index contributed by atoms with van der Waals surface area (Å²) in [6.07, 6.45) is 0.0848. The quantitative estimate of drug-likeness (QED) is 0.605. The van der Waals surface area contributed by atoms with Crippen LogP contribution in [0.15, 0.2) is 60.7 Å². The van der Waals surface area contributed by atoms with Crippen molar-refractivity contribution in [3.8, 4) is 34.8 Å². The van der Waals surface area contributed by atoms with Crippen molar-refractivity contribution in [2.24, 2.45) is 0 Å². The Bertz CT molecular complexity index is 1070. The monoisotopic (exact) mass is 342 g/mol. The topological polar surface area (TPSA) is 66.8 Å². The number of ketones is 1. The Kier molecular flexibility index (Phi) is 3.83. The lowest BCUT2D eigenvalue weighted by atomic mass is 10.0. The predicted molar refractivity (Wildman–Crippen MR) is 96.7 cm³/mol. The van der Waals surface area contributed by atoms with Gasteiger partial charge < -0.3 is 14.9 Å². The Morgan fingerprint density at radius 2 is 1.62 bits per heavy atom. The molecule has 4 heteroatoms. The van der Waals surface area contributed by atoms with Gasteiger partial charge >= 0.3 is 0 Å². The predicted octanol–water partition coefficient (Wildman–Crippen LogP) is 4.03. The maximum Gasteiger partial charge on any atom is 0.174 e. The van der Waals surface area contributed by atoms with E-state index in [-0.39, 0.29) is 35.0 Å². The van der Waals surface area contributed by atoms with E-state index >= 15 is 0 Å². The number of hydrogen-bond donors (Lipinski definition) is 2. The molecule has 0 saturated heterocycles. The van der Waals surface area contributed by atoms with E-state index in [1.165, 1.54) is 6.07 Å². The maximum absolute atomic E-state index is 12.5. The molecule has 2 N–H and O–H groups in total. The number of Topliss-reactive ketones (excluding diaryl/α,β-unsaturated/α-hetero) is 1. The van der Waals surface area contributed by atoms with Gasteiger partial charge in [0.15, 0.2) is 5.78 Å². The van der Waals surface area contributed by atoms with E-state index in [1.54, 1.807) is 6.07 Å². The number of phenolic OH excluding ortho intramolecular Hbond substituents is 2. The molecule has 4 rings (SSSR count). The van der Waals surface area contributed by atoms with Gasteiger partial charge in [-0.05, 0) is 30.3 Å². The smallest absolute Gasteiger partial charge is 0.174 e. The third kappa shape index (κ3) is 2.99. The molecule has 1 aliphatic rings. The van der Waals surface area contributed by atoms with Crippen LogP contribution in [0.3, 0.4) is 0 Å². The van der Waals surface area contributed by atoms with Gasteiger partial charge in [-0.3, -0.25) is 4.79 Å². The lowest BCUT2D eigenvalue weighted by Gasteiger charge is -2.09. The average Bonchev–Trinajstić information content (AvgIpc) is 2.75. The Morgan fingerprint density at radius 3 is 2.42 bits per heavy atom. The zero-order valence-electron chi connectivity index (χ0n) is 13.7. The number of rotatable bonds is 0. The van der Waals surface area contributed by atoms with Crippen LogP contribution < -0.4 is 4.74 Å². The largest absolute Gasteiger partial charge is 0.508 e. The number of carbonyl (C=O) groups is 1. The van der Waals surface area contributed by atoms with Crippen LogP contribution in [-0.4, -0.2) is 16.0 Å². The summed E-state index contributed by atoms with van der Waals surface area (Å²) in [7, 11) is 0. The first kappa shape index (κ1) is 15.8. The zero-order valence-corrected chi connectivity index (χ0v) is 13.7. The van der Waals surface area contributed by atoms with Crippen LogP contribution in [-0.2, 0) is 6.42 Å². The molecule has 0 atom stereocenters. The average molecular weight is 342 g/mol. The van der Waals surface area contributed by atoms with Crippen molar-refractivity contribution in [1.82, 2.24) is 0 Å². The molecule has 0 radical (unpaired) electrons. The highest BCUT2D eigenvalue weighted by Gasteiger charge is 2.25. The van der Waals surface area contributed by atoms with Crippen LogP contribution >= 0.6 is 0 Å². The SMILES string of the molecule is O=C1Cc2cc(C#Cc3ccccc3)ccc2Oc2cc(O)cc(O)c21. The molecule has 0 aromatic heterocycles. The van der Waals surface area contributed by atoms with Crippen LogP contribution in [0.4, 0.5) is 0 Å².